The molecule has 0 spiro atoms. The number of phenols is 1. The van der Waals surface area contributed by atoms with Gasteiger partial charge in [-0.1, -0.05) is 11.6 Å². The third-order valence-corrected chi connectivity index (χ3v) is 5.53. The van der Waals surface area contributed by atoms with Crippen LogP contribution >= 0.6 is 22.9 Å². The first kappa shape index (κ1) is 19.5. The number of hydrogen-bond acceptors (Lipinski definition) is 5. The van der Waals surface area contributed by atoms with Gasteiger partial charge >= 0.3 is 88.1 Å². The molecule has 2 aromatic rings. The van der Waals surface area contributed by atoms with E-state index in [0.29, 0.717) is 9.90 Å². The van der Waals surface area contributed by atoms with E-state index in [-0.39, 0.29) is 15.8 Å². The number of amides is 1. The molecule has 0 saturated heterocycles. The predicted molar refractivity (Wildman–Crippen MR) is 87.6 cm³/mol. The maximum atomic E-state index is 10.9. The quantitative estimate of drug-likeness (QED) is 0.334. The van der Waals surface area contributed by atoms with E-state index >= 15 is 0 Å². The van der Waals surface area contributed by atoms with Crippen LogP contribution in [0.3, 0.4) is 0 Å². The summed E-state index contributed by atoms with van der Waals surface area (Å²) in [7, 11) is 0. The van der Waals surface area contributed by atoms with E-state index in [1.54, 1.807) is 11.4 Å². The van der Waals surface area contributed by atoms with Crippen LogP contribution in [0.15, 0.2) is 29.6 Å². The Kier molecular flexibility index (Phi) is 7.05. The first-order valence-electron chi connectivity index (χ1n) is 5.99. The number of aromatic hydroxyl groups is 1. The fourth-order valence-corrected chi connectivity index (χ4v) is 3.46. The molecule has 10 heteroatoms. The molecule has 0 aliphatic heterocycles. The zero-order chi connectivity index (χ0) is 17.6. The van der Waals surface area contributed by atoms with Crippen molar-refractivity contribution < 1.29 is 26.6 Å². The molecular weight excluding hydrogens is 409 g/mol. The van der Waals surface area contributed by atoms with Crippen LogP contribution in [0.25, 0.3) is 0 Å². The second kappa shape index (κ2) is 8.33. The molecule has 1 heterocycles. The maximum absolute atomic E-state index is 10.9. The zero-order valence-corrected chi connectivity index (χ0v) is 15.2. The number of halogens is 1. The second-order valence-electron chi connectivity index (χ2n) is 4.21. The zero-order valence-electron chi connectivity index (χ0n) is 11.8. The van der Waals surface area contributed by atoms with E-state index in [0.717, 1.165) is 24.5 Å². The summed E-state index contributed by atoms with van der Waals surface area (Å²) in [6, 6.07) is 4.96. The molecule has 0 radical (unpaired) electrons. The van der Waals surface area contributed by atoms with Crippen molar-refractivity contribution in [3.63, 3.8) is 0 Å². The van der Waals surface area contributed by atoms with E-state index in [2.05, 4.69) is 5.32 Å². The normalized spacial score (nSPS) is 10.4. The van der Waals surface area contributed by atoms with Gasteiger partial charge in [0.25, 0.3) is 0 Å². The molecule has 0 fully saturated rings. The van der Waals surface area contributed by atoms with Gasteiger partial charge in [0, 0.05) is 5.38 Å². The summed E-state index contributed by atoms with van der Waals surface area (Å²) >= 11 is 1.86. The molecule has 2 rings (SSSR count). The van der Waals surface area contributed by atoms with Gasteiger partial charge in [0.1, 0.15) is 0 Å². The van der Waals surface area contributed by atoms with Gasteiger partial charge in [-0.05, 0) is 6.07 Å². The van der Waals surface area contributed by atoms with Crippen molar-refractivity contribution in [1.29, 1.82) is 0 Å². The summed E-state index contributed by atoms with van der Waals surface area (Å²) in [5, 5.41) is 13.9. The Morgan fingerprint density at radius 1 is 1.35 bits per heavy atom. The minimum absolute atomic E-state index is 0.00951. The van der Waals surface area contributed by atoms with Crippen LogP contribution in [-0.2, 0) is 8.53 Å². The third kappa shape index (κ3) is 6.60. The minimum atomic E-state index is -4.98. The predicted octanol–water partition coefficient (Wildman–Crippen LogP) is 1.13. The number of anilines is 1. The molecule has 0 saturated carbocycles. The molecule has 0 atom stereocenters. The second-order valence-corrected chi connectivity index (χ2v) is 8.96. The molecule has 1 amide bonds. The van der Waals surface area contributed by atoms with Crippen molar-refractivity contribution in [1.82, 2.24) is 0 Å². The number of nitrogens with one attached hydrogen (secondary N) is 1. The van der Waals surface area contributed by atoms with Crippen LogP contribution in [0.2, 0.25) is 5.02 Å². The molecule has 1 aromatic carbocycles. The summed E-state index contributed by atoms with van der Waals surface area (Å²) in [5.74, 6) is -0.668. The van der Waals surface area contributed by atoms with Crippen LogP contribution in [0.5, 0.6) is 5.75 Å². The average molecular weight is 422 g/mol. The monoisotopic (exact) mass is 421 g/mol. The van der Waals surface area contributed by atoms with E-state index in [1.165, 1.54) is 18.3 Å². The standard InChI is InChI=1S/C8H10AsNO5.C5H3ClOS/c1-5(11)10-7-4-6(9(13,14)15)2-3-8(7)12;6-4-1-5(2-7)8-3-4/h2-4,12H,1H3,(H,10,11)(H2,13,14,15);1-3H. The third-order valence-electron chi connectivity index (χ3n) is 2.33. The Morgan fingerprint density at radius 2 is 2.00 bits per heavy atom. The van der Waals surface area contributed by atoms with Crippen molar-refractivity contribution in [2.45, 2.75) is 6.92 Å². The van der Waals surface area contributed by atoms with Crippen molar-refractivity contribution in [2.75, 3.05) is 5.32 Å². The van der Waals surface area contributed by atoms with E-state index in [4.69, 9.17) is 19.8 Å². The number of carbonyl (C=O) groups is 2. The first-order valence-corrected chi connectivity index (χ1v) is 10.6. The summed E-state index contributed by atoms with van der Waals surface area (Å²) in [6.07, 6.45) is 0.788. The Bertz CT molecular complexity index is 757. The smallest absolute Gasteiger partial charge is 0.160 e. The van der Waals surface area contributed by atoms with Crippen LogP contribution in [0.1, 0.15) is 16.6 Å². The van der Waals surface area contributed by atoms with Gasteiger partial charge in [0.05, 0.1) is 9.90 Å². The van der Waals surface area contributed by atoms with Gasteiger partial charge in [0.2, 0.25) is 0 Å². The maximum Gasteiger partial charge on any atom is 0.160 e. The Balaban J connectivity index is 0.000000277. The van der Waals surface area contributed by atoms with Crippen LogP contribution in [0.4, 0.5) is 5.69 Å². The summed E-state index contributed by atoms with van der Waals surface area (Å²) < 4.78 is 28.6. The van der Waals surface area contributed by atoms with Gasteiger partial charge in [-0.15, -0.1) is 11.3 Å². The van der Waals surface area contributed by atoms with Gasteiger partial charge < -0.3 is 0 Å². The van der Waals surface area contributed by atoms with Crippen LogP contribution in [-0.4, -0.2) is 39.7 Å². The summed E-state index contributed by atoms with van der Waals surface area (Å²) in [4.78, 5) is 21.4. The molecule has 124 valence electrons. The molecule has 0 aliphatic carbocycles. The molecule has 0 aliphatic rings. The van der Waals surface area contributed by atoms with E-state index in [9.17, 15) is 18.4 Å². The molecule has 23 heavy (non-hydrogen) atoms. The Labute approximate surface area is 143 Å². The van der Waals surface area contributed by atoms with Crippen molar-refractivity contribution in [2.24, 2.45) is 0 Å². The average Bonchev–Trinajstić information content (AvgIpc) is 2.86. The van der Waals surface area contributed by atoms with E-state index < -0.39 is 20.1 Å². The van der Waals surface area contributed by atoms with E-state index in [1.807, 2.05) is 0 Å². The number of aldehydes is 1. The fraction of sp³-hybridized carbons (Fsp3) is 0.0769. The number of thiophene rings is 1. The molecule has 1 aromatic heterocycles. The largest absolute Gasteiger partial charge is 0.297 e. The van der Waals surface area contributed by atoms with Gasteiger partial charge in [0.15, 0.2) is 6.29 Å². The molecule has 4 N–H and O–H groups in total. The molecule has 0 bridgehead atoms. The number of rotatable bonds is 3. The van der Waals surface area contributed by atoms with Crippen LogP contribution < -0.4 is 9.67 Å². The SMILES string of the molecule is CC(=O)Nc1cc([As](=O)(O)O)ccc1O.O=Cc1cc(Cl)cs1. The summed E-state index contributed by atoms with van der Waals surface area (Å²) in [6.45, 7) is 1.23. The number of hydrogen-bond donors (Lipinski definition) is 4. The van der Waals surface area contributed by atoms with Gasteiger partial charge in [-0.25, -0.2) is 0 Å². The fourth-order valence-electron chi connectivity index (χ4n) is 1.39. The Morgan fingerprint density at radius 3 is 2.39 bits per heavy atom. The molecule has 0 unspecified atom stereocenters. The van der Waals surface area contributed by atoms with Crippen molar-refractivity contribution in [3.05, 3.63) is 39.5 Å². The minimum Gasteiger partial charge on any atom is -0.297 e. The number of phenolic OH excluding ortho intramolecular Hbond substituents is 1. The molecule has 7 nitrogen and oxygen atoms in total. The van der Waals surface area contributed by atoms with Gasteiger partial charge in [-0.3, -0.25) is 4.79 Å². The van der Waals surface area contributed by atoms with Crippen LogP contribution in [0, 0.1) is 0 Å². The first-order chi connectivity index (χ1) is 10.6. The van der Waals surface area contributed by atoms with Crippen molar-refractivity contribution >= 4 is 59.3 Å². The molecular formula is C13H13AsClNO6S. The summed E-state index contributed by atoms with van der Waals surface area (Å²) in [5.41, 5.74) is -0.00951. The number of carbonyl (C=O) groups excluding carboxylic acids is 2. The van der Waals surface area contributed by atoms with Gasteiger partial charge in [-0.2, -0.15) is 0 Å². The number of benzene rings is 1. The topological polar surface area (TPSA) is 124 Å². The Hall–Kier alpha value is -1.57. The van der Waals surface area contributed by atoms with Crippen molar-refractivity contribution in [3.8, 4) is 5.75 Å².